The predicted molar refractivity (Wildman–Crippen MR) is 94.8 cm³/mol. The van der Waals surface area contributed by atoms with Crippen molar-refractivity contribution in [1.29, 1.82) is 0 Å². The Hall–Kier alpha value is -3.22. The van der Waals surface area contributed by atoms with Crippen LogP contribution in [-0.4, -0.2) is 23.4 Å². The van der Waals surface area contributed by atoms with Gasteiger partial charge >= 0.3 is 5.97 Å². The van der Waals surface area contributed by atoms with Gasteiger partial charge in [-0.15, -0.1) is 0 Å². The molecule has 2 aromatic rings. The summed E-state index contributed by atoms with van der Waals surface area (Å²) in [6.07, 6.45) is 1.36. The van der Waals surface area contributed by atoms with E-state index >= 15 is 0 Å². The number of amides is 1. The molecule has 1 fully saturated rings. The third-order valence-electron chi connectivity index (χ3n) is 4.51. The van der Waals surface area contributed by atoms with Gasteiger partial charge in [-0.3, -0.25) is 19.7 Å². The summed E-state index contributed by atoms with van der Waals surface area (Å²) < 4.78 is 5.18. The van der Waals surface area contributed by atoms with Gasteiger partial charge in [0, 0.05) is 6.07 Å². The lowest BCUT2D eigenvalue weighted by molar-refractivity contribution is -0.384. The molecule has 0 aromatic heterocycles. The largest absolute Gasteiger partial charge is 0.455 e. The molecule has 1 aliphatic carbocycles. The molecule has 2 aromatic carbocycles. The molecule has 1 N–H and O–H groups in total. The van der Waals surface area contributed by atoms with E-state index in [-0.39, 0.29) is 11.4 Å². The molecule has 134 valence electrons. The van der Waals surface area contributed by atoms with Crippen molar-refractivity contribution in [3.05, 3.63) is 69.8 Å². The van der Waals surface area contributed by atoms with Gasteiger partial charge in [0.1, 0.15) is 5.69 Å². The standard InChI is InChI=1S/C19H18N2O5/c1-13-6-5-9-15(21(24)25)17(13)20-16(22)12-26-18(23)19(10-11-19)14-7-3-2-4-8-14/h2-9H,10-12H2,1H3,(H,20,22). The number of nitrogens with one attached hydrogen (secondary N) is 1. The monoisotopic (exact) mass is 354 g/mol. The first kappa shape index (κ1) is 17.6. The minimum Gasteiger partial charge on any atom is -0.455 e. The van der Waals surface area contributed by atoms with Crippen LogP contribution < -0.4 is 5.32 Å². The van der Waals surface area contributed by atoms with E-state index in [0.29, 0.717) is 18.4 Å². The Morgan fingerprint density at radius 1 is 1.15 bits per heavy atom. The second-order valence-electron chi connectivity index (χ2n) is 6.30. The number of nitrogens with zero attached hydrogens (tertiary/aromatic N) is 1. The fraction of sp³-hybridized carbons (Fsp3) is 0.263. The zero-order valence-electron chi connectivity index (χ0n) is 14.2. The van der Waals surface area contributed by atoms with Crippen LogP contribution >= 0.6 is 0 Å². The summed E-state index contributed by atoms with van der Waals surface area (Å²) in [5.74, 6) is -1.06. The molecule has 7 nitrogen and oxygen atoms in total. The lowest BCUT2D eigenvalue weighted by Crippen LogP contribution is -2.28. The van der Waals surface area contributed by atoms with Gasteiger partial charge in [0.2, 0.25) is 0 Å². The Morgan fingerprint density at radius 2 is 1.85 bits per heavy atom. The van der Waals surface area contributed by atoms with Gasteiger partial charge in [-0.2, -0.15) is 0 Å². The summed E-state index contributed by atoms with van der Waals surface area (Å²) in [5, 5.41) is 13.6. The van der Waals surface area contributed by atoms with Crippen LogP contribution in [0.2, 0.25) is 0 Å². The van der Waals surface area contributed by atoms with E-state index < -0.39 is 28.8 Å². The van der Waals surface area contributed by atoms with Crippen LogP contribution in [0.5, 0.6) is 0 Å². The smallest absolute Gasteiger partial charge is 0.317 e. The maximum absolute atomic E-state index is 12.4. The van der Waals surface area contributed by atoms with Gasteiger partial charge in [-0.05, 0) is 30.9 Å². The zero-order valence-corrected chi connectivity index (χ0v) is 14.2. The van der Waals surface area contributed by atoms with Gasteiger partial charge in [0.05, 0.1) is 10.3 Å². The van der Waals surface area contributed by atoms with Crippen molar-refractivity contribution in [2.75, 3.05) is 11.9 Å². The molecule has 7 heteroatoms. The third-order valence-corrected chi connectivity index (χ3v) is 4.51. The van der Waals surface area contributed by atoms with Crippen molar-refractivity contribution in [2.24, 2.45) is 0 Å². The molecule has 0 aliphatic heterocycles. The van der Waals surface area contributed by atoms with Crippen LogP contribution in [0.4, 0.5) is 11.4 Å². The maximum atomic E-state index is 12.4. The molecule has 1 saturated carbocycles. The molecule has 0 radical (unpaired) electrons. The Balaban J connectivity index is 1.64. The number of aryl methyl sites for hydroxylation is 1. The highest BCUT2D eigenvalue weighted by atomic mass is 16.6. The van der Waals surface area contributed by atoms with Gasteiger partial charge in [0.15, 0.2) is 6.61 Å². The number of carbonyl (C=O) groups excluding carboxylic acids is 2. The van der Waals surface area contributed by atoms with Crippen LogP contribution in [-0.2, 0) is 19.7 Å². The molecular weight excluding hydrogens is 336 g/mol. The number of nitro benzene ring substituents is 1. The molecule has 0 spiro atoms. The Labute approximate surface area is 150 Å². The number of hydrogen-bond donors (Lipinski definition) is 1. The van der Waals surface area contributed by atoms with Gasteiger partial charge in [0.25, 0.3) is 11.6 Å². The molecule has 1 amide bonds. The van der Waals surface area contributed by atoms with Gasteiger partial charge < -0.3 is 10.1 Å². The highest BCUT2D eigenvalue weighted by Crippen LogP contribution is 2.49. The van der Waals surface area contributed by atoms with Crippen molar-refractivity contribution < 1.29 is 19.2 Å². The second-order valence-corrected chi connectivity index (χ2v) is 6.30. The number of benzene rings is 2. The lowest BCUT2D eigenvalue weighted by Gasteiger charge is -2.15. The quantitative estimate of drug-likeness (QED) is 0.488. The molecule has 0 atom stereocenters. The number of anilines is 1. The van der Waals surface area contributed by atoms with E-state index in [4.69, 9.17) is 4.74 Å². The van der Waals surface area contributed by atoms with Crippen molar-refractivity contribution in [3.63, 3.8) is 0 Å². The third kappa shape index (κ3) is 3.42. The van der Waals surface area contributed by atoms with Crippen molar-refractivity contribution >= 4 is 23.3 Å². The number of nitro groups is 1. The van der Waals surface area contributed by atoms with Gasteiger partial charge in [-0.1, -0.05) is 42.5 Å². The summed E-state index contributed by atoms with van der Waals surface area (Å²) in [6, 6.07) is 13.8. The first-order valence-corrected chi connectivity index (χ1v) is 8.21. The molecule has 0 bridgehead atoms. The first-order chi connectivity index (χ1) is 12.4. The normalized spacial score (nSPS) is 14.3. The summed E-state index contributed by atoms with van der Waals surface area (Å²) >= 11 is 0. The summed E-state index contributed by atoms with van der Waals surface area (Å²) in [4.78, 5) is 35.1. The molecule has 1 aliphatic rings. The lowest BCUT2D eigenvalue weighted by atomic mass is 9.96. The van der Waals surface area contributed by atoms with Crippen LogP contribution in [0.25, 0.3) is 0 Å². The number of esters is 1. The van der Waals surface area contributed by atoms with E-state index in [9.17, 15) is 19.7 Å². The highest BCUT2D eigenvalue weighted by Gasteiger charge is 2.52. The van der Waals surface area contributed by atoms with Crippen LogP contribution in [0, 0.1) is 17.0 Å². The van der Waals surface area contributed by atoms with Gasteiger partial charge in [-0.25, -0.2) is 0 Å². The average molecular weight is 354 g/mol. The molecule has 26 heavy (non-hydrogen) atoms. The number of para-hydroxylation sites is 1. The summed E-state index contributed by atoms with van der Waals surface area (Å²) in [6.45, 7) is 1.17. The number of carbonyl (C=O) groups is 2. The molecule has 3 rings (SSSR count). The number of hydrogen-bond acceptors (Lipinski definition) is 5. The minimum absolute atomic E-state index is 0.114. The minimum atomic E-state index is -0.670. The second kappa shape index (κ2) is 6.95. The van der Waals surface area contributed by atoms with Crippen LogP contribution in [0.3, 0.4) is 0 Å². The van der Waals surface area contributed by atoms with E-state index in [2.05, 4.69) is 5.32 Å². The molecular formula is C19H18N2O5. The molecule has 0 heterocycles. The van der Waals surface area contributed by atoms with E-state index in [1.807, 2.05) is 30.3 Å². The zero-order chi connectivity index (χ0) is 18.7. The Bertz CT molecular complexity index is 859. The number of ether oxygens (including phenoxy) is 1. The van der Waals surface area contributed by atoms with E-state index in [1.54, 1.807) is 19.1 Å². The van der Waals surface area contributed by atoms with Crippen molar-refractivity contribution in [3.8, 4) is 0 Å². The highest BCUT2D eigenvalue weighted by molar-refractivity contribution is 5.96. The first-order valence-electron chi connectivity index (χ1n) is 8.21. The Morgan fingerprint density at radius 3 is 2.46 bits per heavy atom. The predicted octanol–water partition coefficient (Wildman–Crippen LogP) is 3.12. The Kier molecular flexibility index (Phi) is 4.71. The van der Waals surface area contributed by atoms with Crippen LogP contribution in [0.15, 0.2) is 48.5 Å². The van der Waals surface area contributed by atoms with Crippen molar-refractivity contribution in [2.45, 2.75) is 25.2 Å². The van der Waals surface area contributed by atoms with E-state index in [0.717, 1.165) is 5.56 Å². The number of rotatable bonds is 6. The topological polar surface area (TPSA) is 98.5 Å². The fourth-order valence-electron chi connectivity index (χ4n) is 2.90. The van der Waals surface area contributed by atoms with Crippen LogP contribution in [0.1, 0.15) is 24.0 Å². The van der Waals surface area contributed by atoms with E-state index in [1.165, 1.54) is 6.07 Å². The molecule has 0 saturated heterocycles. The average Bonchev–Trinajstić information content (AvgIpc) is 3.44. The SMILES string of the molecule is Cc1cccc([N+](=O)[O-])c1NC(=O)COC(=O)C1(c2ccccc2)CC1. The fourth-order valence-corrected chi connectivity index (χ4v) is 2.90. The van der Waals surface area contributed by atoms with Crippen molar-refractivity contribution in [1.82, 2.24) is 0 Å². The molecule has 0 unspecified atom stereocenters. The maximum Gasteiger partial charge on any atom is 0.317 e. The summed E-state index contributed by atoms with van der Waals surface area (Å²) in [5.41, 5.74) is 0.674. The summed E-state index contributed by atoms with van der Waals surface area (Å²) in [7, 11) is 0.